The minimum Gasteiger partial charge on any atom is -0.379 e. The van der Waals surface area contributed by atoms with Crippen LogP contribution in [0.15, 0.2) is 42.6 Å². The number of methoxy groups -OCH3 is 1. The second-order valence-electron chi connectivity index (χ2n) is 3.34. The van der Waals surface area contributed by atoms with Gasteiger partial charge in [-0.3, -0.25) is 0 Å². The van der Waals surface area contributed by atoms with Gasteiger partial charge in [0.05, 0.1) is 6.61 Å². The molecule has 0 unspecified atom stereocenters. The van der Waals surface area contributed by atoms with Crippen LogP contribution >= 0.6 is 0 Å². The van der Waals surface area contributed by atoms with Gasteiger partial charge in [0.2, 0.25) is 0 Å². The summed E-state index contributed by atoms with van der Waals surface area (Å²) in [6, 6.07) is 10.3. The Bertz CT molecular complexity index is 282. The summed E-state index contributed by atoms with van der Waals surface area (Å²) in [4.78, 5) is 2.10. The Kier molecular flexibility index (Phi) is 4.20. The molecular formula is C12H17NO. The molecule has 14 heavy (non-hydrogen) atoms. The molecule has 0 radical (unpaired) electrons. The number of hydrogen-bond acceptors (Lipinski definition) is 2. The summed E-state index contributed by atoms with van der Waals surface area (Å²) < 4.78 is 5.02. The fraction of sp³-hybridized carbons (Fsp3) is 0.333. The highest BCUT2D eigenvalue weighted by molar-refractivity contribution is 5.15. The zero-order chi connectivity index (χ0) is 10.4. The maximum absolute atomic E-state index is 5.02. The first kappa shape index (κ1) is 10.8. The molecule has 0 bridgehead atoms. The lowest BCUT2D eigenvalue weighted by molar-refractivity contribution is 0.196. The van der Waals surface area contributed by atoms with Crippen LogP contribution in [0.25, 0.3) is 0 Å². The lowest BCUT2D eigenvalue weighted by atomic mass is 10.2. The quantitative estimate of drug-likeness (QED) is 0.708. The van der Waals surface area contributed by atoms with Crippen molar-refractivity contribution in [3.63, 3.8) is 0 Å². The molecule has 0 atom stereocenters. The molecule has 0 saturated carbocycles. The van der Waals surface area contributed by atoms with E-state index in [-0.39, 0.29) is 0 Å². The first-order chi connectivity index (χ1) is 6.74. The van der Waals surface area contributed by atoms with Crippen molar-refractivity contribution in [1.29, 1.82) is 0 Å². The van der Waals surface area contributed by atoms with E-state index in [4.69, 9.17) is 4.74 Å². The van der Waals surface area contributed by atoms with Crippen LogP contribution < -0.4 is 0 Å². The Hall–Kier alpha value is -1.28. The van der Waals surface area contributed by atoms with Crippen LogP contribution in [0.3, 0.4) is 0 Å². The molecule has 0 aliphatic heterocycles. The second kappa shape index (κ2) is 5.45. The minimum absolute atomic E-state index is 0.587. The molecule has 1 aromatic rings. The smallest absolute Gasteiger partial charge is 0.0854 e. The molecule has 2 nitrogen and oxygen atoms in total. The average Bonchev–Trinajstić information content (AvgIpc) is 2.19. The largest absolute Gasteiger partial charge is 0.379 e. The number of nitrogens with zero attached hydrogens (tertiary/aromatic N) is 1. The predicted molar refractivity (Wildman–Crippen MR) is 58.9 cm³/mol. The molecule has 0 fully saturated rings. The molecule has 0 amide bonds. The Morgan fingerprint density at radius 1 is 1.36 bits per heavy atom. The molecule has 0 spiro atoms. The van der Waals surface area contributed by atoms with Crippen molar-refractivity contribution in [1.82, 2.24) is 4.90 Å². The van der Waals surface area contributed by atoms with Gasteiger partial charge in [-0.2, -0.15) is 0 Å². The van der Waals surface area contributed by atoms with E-state index in [0.29, 0.717) is 6.61 Å². The SMILES string of the molecule is C=C(COC)N(C)Cc1ccccc1. The van der Waals surface area contributed by atoms with E-state index in [1.165, 1.54) is 5.56 Å². The van der Waals surface area contributed by atoms with Gasteiger partial charge in [0.25, 0.3) is 0 Å². The number of hydrogen-bond donors (Lipinski definition) is 0. The van der Waals surface area contributed by atoms with Gasteiger partial charge >= 0.3 is 0 Å². The van der Waals surface area contributed by atoms with Gasteiger partial charge in [0, 0.05) is 26.4 Å². The third kappa shape index (κ3) is 3.23. The van der Waals surface area contributed by atoms with Crippen molar-refractivity contribution in [2.24, 2.45) is 0 Å². The maximum atomic E-state index is 5.02. The Morgan fingerprint density at radius 3 is 2.57 bits per heavy atom. The lowest BCUT2D eigenvalue weighted by Crippen LogP contribution is -2.19. The summed E-state index contributed by atoms with van der Waals surface area (Å²) in [6.07, 6.45) is 0. The van der Waals surface area contributed by atoms with Gasteiger partial charge in [-0.25, -0.2) is 0 Å². The van der Waals surface area contributed by atoms with Crippen molar-refractivity contribution in [2.75, 3.05) is 20.8 Å². The summed E-state index contributed by atoms with van der Waals surface area (Å²) in [5.41, 5.74) is 2.28. The highest BCUT2D eigenvalue weighted by Crippen LogP contribution is 2.07. The van der Waals surface area contributed by atoms with Gasteiger partial charge in [-0.05, 0) is 5.56 Å². The van der Waals surface area contributed by atoms with Crippen LogP contribution in [0.1, 0.15) is 5.56 Å². The summed E-state index contributed by atoms with van der Waals surface area (Å²) >= 11 is 0. The number of ether oxygens (including phenoxy) is 1. The monoisotopic (exact) mass is 191 g/mol. The van der Waals surface area contributed by atoms with Gasteiger partial charge < -0.3 is 9.64 Å². The summed E-state index contributed by atoms with van der Waals surface area (Å²) in [6.45, 7) is 5.41. The normalized spacial score (nSPS) is 9.86. The minimum atomic E-state index is 0.587. The van der Waals surface area contributed by atoms with Gasteiger partial charge in [-0.15, -0.1) is 0 Å². The molecule has 0 aliphatic rings. The topological polar surface area (TPSA) is 12.5 Å². The number of benzene rings is 1. The van der Waals surface area contributed by atoms with E-state index < -0.39 is 0 Å². The van der Waals surface area contributed by atoms with Crippen LogP contribution in [0.2, 0.25) is 0 Å². The molecule has 1 aromatic carbocycles. The van der Waals surface area contributed by atoms with Crippen molar-refractivity contribution in [3.8, 4) is 0 Å². The third-order valence-electron chi connectivity index (χ3n) is 2.11. The highest BCUT2D eigenvalue weighted by atomic mass is 16.5. The number of likely N-dealkylation sites (N-methyl/N-ethyl adjacent to an activating group) is 1. The first-order valence-electron chi connectivity index (χ1n) is 4.66. The van der Waals surface area contributed by atoms with E-state index in [1.807, 2.05) is 25.2 Å². The van der Waals surface area contributed by atoms with Crippen molar-refractivity contribution < 1.29 is 4.74 Å². The van der Waals surface area contributed by atoms with Gasteiger partial charge in [0.1, 0.15) is 0 Å². The lowest BCUT2D eigenvalue weighted by Gasteiger charge is -2.21. The fourth-order valence-corrected chi connectivity index (χ4v) is 1.25. The zero-order valence-electron chi connectivity index (χ0n) is 8.86. The fourth-order valence-electron chi connectivity index (χ4n) is 1.25. The van der Waals surface area contributed by atoms with E-state index in [1.54, 1.807) is 7.11 Å². The molecule has 0 saturated heterocycles. The third-order valence-corrected chi connectivity index (χ3v) is 2.11. The van der Waals surface area contributed by atoms with E-state index >= 15 is 0 Å². The van der Waals surface area contributed by atoms with Gasteiger partial charge in [0.15, 0.2) is 0 Å². The number of rotatable bonds is 5. The van der Waals surface area contributed by atoms with E-state index in [2.05, 4.69) is 23.6 Å². The molecule has 0 N–H and O–H groups in total. The maximum Gasteiger partial charge on any atom is 0.0854 e. The van der Waals surface area contributed by atoms with Crippen molar-refractivity contribution in [2.45, 2.75) is 6.54 Å². The molecular weight excluding hydrogens is 174 g/mol. The van der Waals surface area contributed by atoms with Crippen molar-refractivity contribution in [3.05, 3.63) is 48.2 Å². The molecule has 0 aromatic heterocycles. The molecule has 0 aliphatic carbocycles. The Balaban J connectivity index is 2.49. The van der Waals surface area contributed by atoms with E-state index in [0.717, 1.165) is 12.2 Å². The predicted octanol–water partition coefficient (Wildman–Crippen LogP) is 2.28. The van der Waals surface area contributed by atoms with Crippen LogP contribution in [0, 0.1) is 0 Å². The van der Waals surface area contributed by atoms with Crippen molar-refractivity contribution >= 4 is 0 Å². The van der Waals surface area contributed by atoms with Crippen LogP contribution in [-0.4, -0.2) is 25.7 Å². The average molecular weight is 191 g/mol. The molecule has 0 heterocycles. The van der Waals surface area contributed by atoms with Crippen LogP contribution in [-0.2, 0) is 11.3 Å². The standard InChI is InChI=1S/C12H17NO/c1-11(10-14-3)13(2)9-12-7-5-4-6-8-12/h4-8H,1,9-10H2,2-3H3. The Labute approximate surface area is 85.8 Å². The summed E-state index contributed by atoms with van der Waals surface area (Å²) in [7, 11) is 3.70. The zero-order valence-corrected chi connectivity index (χ0v) is 8.86. The van der Waals surface area contributed by atoms with E-state index in [9.17, 15) is 0 Å². The highest BCUT2D eigenvalue weighted by Gasteiger charge is 2.01. The van der Waals surface area contributed by atoms with Gasteiger partial charge in [-0.1, -0.05) is 36.9 Å². The molecule has 76 valence electrons. The van der Waals surface area contributed by atoms with Crippen LogP contribution in [0.4, 0.5) is 0 Å². The van der Waals surface area contributed by atoms with Crippen LogP contribution in [0.5, 0.6) is 0 Å². The first-order valence-corrected chi connectivity index (χ1v) is 4.66. The summed E-state index contributed by atoms with van der Waals surface area (Å²) in [5.74, 6) is 0. The summed E-state index contributed by atoms with van der Waals surface area (Å²) in [5, 5.41) is 0. The second-order valence-corrected chi connectivity index (χ2v) is 3.34. The molecule has 1 rings (SSSR count). The Morgan fingerprint density at radius 2 is 2.00 bits per heavy atom. The molecule has 2 heteroatoms.